The van der Waals surface area contributed by atoms with Crippen molar-refractivity contribution < 1.29 is 14.3 Å². The first-order chi connectivity index (χ1) is 6.74. The fraction of sp³-hybridized carbons (Fsp3) is 0.818. The molecule has 0 atom stereocenters. The lowest BCUT2D eigenvalue weighted by Gasteiger charge is -2.20. The van der Waals surface area contributed by atoms with Crippen molar-refractivity contribution >= 4 is 11.8 Å². The highest BCUT2D eigenvalue weighted by Gasteiger charge is 2.18. The topological polar surface area (TPSA) is 43.4 Å². The highest BCUT2D eigenvalue weighted by Crippen LogP contribution is 2.27. The van der Waals surface area contributed by atoms with Crippen molar-refractivity contribution in [3.8, 4) is 0 Å². The molecule has 1 saturated carbocycles. The van der Waals surface area contributed by atoms with Gasteiger partial charge in [-0.25, -0.2) is 4.79 Å². The van der Waals surface area contributed by atoms with E-state index in [-0.39, 0.29) is 5.78 Å². The van der Waals surface area contributed by atoms with E-state index in [9.17, 15) is 9.59 Å². The second kappa shape index (κ2) is 5.78. The average Bonchev–Trinajstić information content (AvgIpc) is 2.26. The lowest BCUT2D eigenvalue weighted by Crippen LogP contribution is -2.17. The summed E-state index contributed by atoms with van der Waals surface area (Å²) in [6, 6.07) is 0. The lowest BCUT2D eigenvalue weighted by atomic mass is 9.86. The number of rotatable bonds is 4. The number of ether oxygens (including phenoxy) is 1. The quantitative estimate of drug-likeness (QED) is 0.513. The monoisotopic (exact) mass is 198 g/mol. The summed E-state index contributed by atoms with van der Waals surface area (Å²) < 4.78 is 4.36. The van der Waals surface area contributed by atoms with Gasteiger partial charge in [0, 0.05) is 6.42 Å². The summed E-state index contributed by atoms with van der Waals surface area (Å²) in [5, 5.41) is 0. The van der Waals surface area contributed by atoms with Gasteiger partial charge in [0.1, 0.15) is 0 Å². The first-order valence-electron chi connectivity index (χ1n) is 5.35. The zero-order chi connectivity index (χ0) is 10.4. The smallest absolute Gasteiger partial charge is 0.374 e. The number of esters is 1. The van der Waals surface area contributed by atoms with Crippen LogP contribution in [0, 0.1) is 5.92 Å². The van der Waals surface area contributed by atoms with Crippen LogP contribution >= 0.6 is 0 Å². The minimum Gasteiger partial charge on any atom is -0.463 e. The van der Waals surface area contributed by atoms with Crippen LogP contribution in [-0.4, -0.2) is 18.9 Å². The molecule has 0 aromatic carbocycles. The Morgan fingerprint density at radius 2 is 1.86 bits per heavy atom. The molecule has 0 radical (unpaired) electrons. The number of hydrogen-bond acceptors (Lipinski definition) is 3. The molecule has 0 bridgehead atoms. The molecule has 1 fully saturated rings. The Kier molecular flexibility index (Phi) is 4.63. The maximum Gasteiger partial charge on any atom is 0.374 e. The molecule has 0 saturated heterocycles. The van der Waals surface area contributed by atoms with Crippen molar-refractivity contribution in [3.05, 3.63) is 0 Å². The molecule has 3 nitrogen and oxygen atoms in total. The zero-order valence-corrected chi connectivity index (χ0v) is 8.75. The number of carbonyl (C=O) groups is 2. The minimum absolute atomic E-state index is 0.358. The van der Waals surface area contributed by atoms with Crippen LogP contribution in [-0.2, 0) is 14.3 Å². The fourth-order valence-electron chi connectivity index (χ4n) is 2.03. The Bertz CT molecular complexity index is 205. The standard InChI is InChI=1S/C11H18O3/c1-14-11(13)10(12)8-7-9-5-3-2-4-6-9/h9H,2-8H2,1H3. The second-order valence-electron chi connectivity index (χ2n) is 3.96. The SMILES string of the molecule is COC(=O)C(=O)CCC1CCCCC1. The molecule has 3 heteroatoms. The van der Waals surface area contributed by atoms with E-state index in [0.717, 1.165) is 6.42 Å². The molecule has 0 N–H and O–H groups in total. The molecule has 0 spiro atoms. The van der Waals surface area contributed by atoms with E-state index < -0.39 is 5.97 Å². The summed E-state index contributed by atoms with van der Waals surface area (Å²) in [4.78, 5) is 22.0. The predicted octanol–water partition coefficient (Wildman–Crippen LogP) is 2.09. The van der Waals surface area contributed by atoms with Crippen molar-refractivity contribution in [2.45, 2.75) is 44.9 Å². The maximum absolute atomic E-state index is 11.1. The van der Waals surface area contributed by atoms with Gasteiger partial charge in [0.05, 0.1) is 7.11 Å². The van der Waals surface area contributed by atoms with E-state index in [0.29, 0.717) is 12.3 Å². The van der Waals surface area contributed by atoms with E-state index in [4.69, 9.17) is 0 Å². The molecule has 0 heterocycles. The number of ketones is 1. The van der Waals surface area contributed by atoms with E-state index in [1.165, 1.54) is 39.2 Å². The first-order valence-corrected chi connectivity index (χ1v) is 5.35. The zero-order valence-electron chi connectivity index (χ0n) is 8.75. The van der Waals surface area contributed by atoms with Crippen LogP contribution in [0.1, 0.15) is 44.9 Å². The lowest BCUT2D eigenvalue weighted by molar-refractivity contribution is -0.151. The van der Waals surface area contributed by atoms with Gasteiger partial charge in [-0.3, -0.25) is 4.79 Å². The Hall–Kier alpha value is -0.860. The first kappa shape index (κ1) is 11.2. The van der Waals surface area contributed by atoms with Crippen molar-refractivity contribution in [2.75, 3.05) is 7.11 Å². The van der Waals surface area contributed by atoms with Crippen LogP contribution in [0.3, 0.4) is 0 Å². The third kappa shape index (κ3) is 3.48. The van der Waals surface area contributed by atoms with E-state index in [1.807, 2.05) is 0 Å². The number of Topliss-reactive ketones (excluding diaryl/α,β-unsaturated/α-hetero) is 1. The fourth-order valence-corrected chi connectivity index (χ4v) is 2.03. The van der Waals surface area contributed by atoms with Gasteiger partial charge in [0.15, 0.2) is 0 Å². The summed E-state index contributed by atoms with van der Waals surface area (Å²) in [6.07, 6.45) is 7.52. The van der Waals surface area contributed by atoms with Crippen LogP contribution in [0.2, 0.25) is 0 Å². The summed E-state index contributed by atoms with van der Waals surface area (Å²) in [6.45, 7) is 0. The molecule has 1 aliphatic rings. The van der Waals surface area contributed by atoms with Gasteiger partial charge in [-0.1, -0.05) is 32.1 Å². The number of carbonyl (C=O) groups excluding carboxylic acids is 2. The van der Waals surface area contributed by atoms with E-state index >= 15 is 0 Å². The highest BCUT2D eigenvalue weighted by molar-refractivity contribution is 6.33. The van der Waals surface area contributed by atoms with Gasteiger partial charge in [-0.15, -0.1) is 0 Å². The minimum atomic E-state index is -0.694. The van der Waals surface area contributed by atoms with Gasteiger partial charge >= 0.3 is 5.97 Å². The van der Waals surface area contributed by atoms with E-state index in [1.54, 1.807) is 0 Å². The van der Waals surface area contributed by atoms with Crippen molar-refractivity contribution in [2.24, 2.45) is 5.92 Å². The molecular formula is C11H18O3. The van der Waals surface area contributed by atoms with Crippen LogP contribution in [0.15, 0.2) is 0 Å². The summed E-state index contributed by atoms with van der Waals surface area (Å²) in [5.74, 6) is -0.420. The van der Waals surface area contributed by atoms with Crippen molar-refractivity contribution in [1.29, 1.82) is 0 Å². The molecule has 0 unspecified atom stereocenters. The van der Waals surface area contributed by atoms with Gasteiger partial charge in [-0.05, 0) is 12.3 Å². The number of methoxy groups -OCH3 is 1. The molecule has 0 aromatic rings. The van der Waals surface area contributed by atoms with Crippen LogP contribution in [0.5, 0.6) is 0 Å². The summed E-state index contributed by atoms with van der Waals surface area (Å²) >= 11 is 0. The van der Waals surface area contributed by atoms with Gasteiger partial charge in [0.2, 0.25) is 5.78 Å². The van der Waals surface area contributed by atoms with Crippen LogP contribution < -0.4 is 0 Å². The maximum atomic E-state index is 11.1. The van der Waals surface area contributed by atoms with Crippen molar-refractivity contribution in [3.63, 3.8) is 0 Å². The number of hydrogen-bond donors (Lipinski definition) is 0. The Labute approximate surface area is 84.8 Å². The molecule has 1 aliphatic carbocycles. The second-order valence-corrected chi connectivity index (χ2v) is 3.96. The van der Waals surface area contributed by atoms with Gasteiger partial charge in [-0.2, -0.15) is 0 Å². The molecule has 80 valence electrons. The molecule has 14 heavy (non-hydrogen) atoms. The van der Waals surface area contributed by atoms with Gasteiger partial charge < -0.3 is 4.74 Å². The van der Waals surface area contributed by atoms with Crippen LogP contribution in [0.4, 0.5) is 0 Å². The Balaban J connectivity index is 2.18. The molecule has 0 amide bonds. The Morgan fingerprint density at radius 1 is 1.21 bits per heavy atom. The normalized spacial score (nSPS) is 17.8. The molecule has 1 rings (SSSR count). The van der Waals surface area contributed by atoms with Gasteiger partial charge in [0.25, 0.3) is 0 Å². The summed E-state index contributed by atoms with van der Waals surface area (Å²) in [5.41, 5.74) is 0. The largest absolute Gasteiger partial charge is 0.463 e. The molecule has 0 aromatic heterocycles. The summed E-state index contributed by atoms with van der Waals surface area (Å²) in [7, 11) is 1.25. The third-order valence-corrected chi connectivity index (χ3v) is 2.92. The molecular weight excluding hydrogens is 180 g/mol. The van der Waals surface area contributed by atoms with Crippen molar-refractivity contribution in [1.82, 2.24) is 0 Å². The molecule has 0 aliphatic heterocycles. The highest BCUT2D eigenvalue weighted by atomic mass is 16.5. The predicted molar refractivity (Wildman–Crippen MR) is 52.8 cm³/mol. The van der Waals surface area contributed by atoms with E-state index in [2.05, 4.69) is 4.74 Å². The van der Waals surface area contributed by atoms with Crippen LogP contribution in [0.25, 0.3) is 0 Å². The third-order valence-electron chi connectivity index (χ3n) is 2.92. The Morgan fingerprint density at radius 3 is 2.43 bits per heavy atom. The average molecular weight is 198 g/mol.